The number of carboxylic acid groups (broad SMARTS) is 1. The third kappa shape index (κ3) is 9.68. The molecule has 17 heteroatoms. The van der Waals surface area contributed by atoms with Crippen LogP contribution < -0.4 is 21.5 Å². The van der Waals surface area contributed by atoms with Gasteiger partial charge in [-0.1, -0.05) is 30.3 Å². The molecule has 2 heterocycles. The Morgan fingerprint density at radius 2 is 1.82 bits per heavy atom. The van der Waals surface area contributed by atoms with Crippen LogP contribution in [0.5, 0.6) is 0 Å². The van der Waals surface area contributed by atoms with Crippen molar-refractivity contribution in [2.24, 2.45) is 16.5 Å². The van der Waals surface area contributed by atoms with Crippen LogP contribution in [0.15, 0.2) is 35.3 Å². The Balaban J connectivity index is 0.000000638. The molecule has 2 fully saturated rings. The average molecular weight is 583 g/mol. The number of carbonyl (C=O) groups is 3. The number of nitrogens with one attached hydrogen (secondary N) is 2. The fraction of sp³-hybridized carbons (Fsp3) is 0.524. The van der Waals surface area contributed by atoms with Crippen LogP contribution in [0.2, 0.25) is 0 Å². The smallest absolute Gasteiger partial charge is 0.475 e. The number of benzene rings is 1. The van der Waals surface area contributed by atoms with Crippen molar-refractivity contribution in [1.29, 1.82) is 0 Å². The molecule has 0 unspecified atom stereocenters. The SMILES string of the molecule is NC(N)=NCCCNC(=O)[C@@H]1CS[C@H]2CC[C@@H](NS(=O)(=O)Cc3ccccc3)C(=O)N21.O=C(O)C(F)(F)F. The molecule has 1 aromatic rings. The van der Waals surface area contributed by atoms with E-state index in [9.17, 15) is 31.2 Å². The number of piperidine rings is 1. The third-order valence-electron chi connectivity index (χ3n) is 5.34. The zero-order valence-corrected chi connectivity index (χ0v) is 21.7. The molecule has 0 aliphatic carbocycles. The number of carbonyl (C=O) groups excluding carboxylic acids is 2. The summed E-state index contributed by atoms with van der Waals surface area (Å²) in [4.78, 5) is 40.0. The molecule has 7 N–H and O–H groups in total. The van der Waals surface area contributed by atoms with Gasteiger partial charge in [0.1, 0.15) is 12.1 Å². The van der Waals surface area contributed by atoms with E-state index in [1.807, 2.05) is 6.07 Å². The highest BCUT2D eigenvalue weighted by molar-refractivity contribution is 8.00. The number of alkyl halides is 3. The lowest BCUT2D eigenvalue weighted by atomic mass is 10.0. The second-order valence-corrected chi connectivity index (χ2v) is 11.3. The van der Waals surface area contributed by atoms with Gasteiger partial charge < -0.3 is 26.8 Å². The van der Waals surface area contributed by atoms with Gasteiger partial charge in [0.05, 0.1) is 11.1 Å². The fourth-order valence-electron chi connectivity index (χ4n) is 3.67. The van der Waals surface area contributed by atoms with Crippen LogP contribution in [0, 0.1) is 0 Å². The highest BCUT2D eigenvalue weighted by Crippen LogP contribution is 2.36. The molecule has 0 spiro atoms. The van der Waals surface area contributed by atoms with Crippen molar-refractivity contribution in [3.63, 3.8) is 0 Å². The van der Waals surface area contributed by atoms with E-state index in [4.69, 9.17) is 21.4 Å². The van der Waals surface area contributed by atoms with Gasteiger partial charge in [0.25, 0.3) is 0 Å². The number of hydrogen-bond donors (Lipinski definition) is 5. The van der Waals surface area contributed by atoms with E-state index in [1.54, 1.807) is 36.0 Å². The Bertz CT molecular complexity index is 1120. The van der Waals surface area contributed by atoms with Crippen LogP contribution in [0.1, 0.15) is 24.8 Å². The zero-order chi connectivity index (χ0) is 28.5. The summed E-state index contributed by atoms with van der Waals surface area (Å²) in [6.07, 6.45) is -3.47. The summed E-state index contributed by atoms with van der Waals surface area (Å²) in [7, 11) is -3.70. The first-order valence-electron chi connectivity index (χ1n) is 11.3. The molecule has 0 radical (unpaired) electrons. The van der Waals surface area contributed by atoms with E-state index in [-0.39, 0.29) is 28.9 Å². The van der Waals surface area contributed by atoms with Crippen LogP contribution in [0.3, 0.4) is 0 Å². The molecule has 2 aliphatic heterocycles. The molecule has 2 aliphatic rings. The number of carboxylic acids is 1. The topological polar surface area (TPSA) is 197 Å². The first-order valence-corrected chi connectivity index (χ1v) is 14.0. The Labute approximate surface area is 221 Å². The van der Waals surface area contributed by atoms with Crippen molar-refractivity contribution in [2.75, 3.05) is 18.8 Å². The van der Waals surface area contributed by atoms with Crippen molar-refractivity contribution in [1.82, 2.24) is 14.9 Å². The number of nitrogens with two attached hydrogens (primary N) is 2. The number of rotatable bonds is 9. The summed E-state index contributed by atoms with van der Waals surface area (Å²) in [5.74, 6) is -3.07. The molecule has 0 bridgehead atoms. The van der Waals surface area contributed by atoms with Crippen LogP contribution >= 0.6 is 11.8 Å². The van der Waals surface area contributed by atoms with Gasteiger partial charge in [-0.3, -0.25) is 14.6 Å². The summed E-state index contributed by atoms with van der Waals surface area (Å²) in [5.41, 5.74) is 11.2. The molecular formula is C21H29F3N6O6S2. The van der Waals surface area contributed by atoms with Gasteiger partial charge in [0.15, 0.2) is 5.96 Å². The summed E-state index contributed by atoms with van der Waals surface area (Å²) >= 11 is 1.55. The molecule has 1 aromatic carbocycles. The number of aliphatic imine (C=N–C) groups is 1. The standard InChI is InChI=1S/C19H28N6O4S2.C2HF3O2/c20-19(21)23-10-4-9-22-17(26)15-11-30-16-8-7-14(18(27)25(15)16)24-31(28,29)12-13-5-2-1-3-6-13;3-2(4,5)1(6)7/h1-3,5-6,14-16,24H,4,7-12H2,(H,22,26)(H4,20,21,23);(H,6,7)/t14-,15+,16+;/m1./s1. The summed E-state index contributed by atoms with van der Waals surface area (Å²) in [5, 5.41) is 9.83. The lowest BCUT2D eigenvalue weighted by Gasteiger charge is -2.36. The monoisotopic (exact) mass is 582 g/mol. The number of sulfonamides is 1. The Morgan fingerprint density at radius 3 is 2.39 bits per heavy atom. The van der Waals surface area contributed by atoms with Crippen LogP contribution in [0.25, 0.3) is 0 Å². The fourth-order valence-corrected chi connectivity index (χ4v) is 6.47. The van der Waals surface area contributed by atoms with Gasteiger partial charge in [-0.05, 0) is 24.8 Å². The van der Waals surface area contributed by atoms with Crippen molar-refractivity contribution in [3.8, 4) is 0 Å². The molecule has 3 atom stereocenters. The number of nitrogens with zero attached hydrogens (tertiary/aromatic N) is 2. The molecule has 12 nitrogen and oxygen atoms in total. The molecule has 2 saturated heterocycles. The Morgan fingerprint density at radius 1 is 1.18 bits per heavy atom. The molecule has 38 heavy (non-hydrogen) atoms. The van der Waals surface area contributed by atoms with Crippen molar-refractivity contribution in [3.05, 3.63) is 35.9 Å². The van der Waals surface area contributed by atoms with Gasteiger partial charge >= 0.3 is 12.1 Å². The normalized spacial score (nSPS) is 21.1. The van der Waals surface area contributed by atoms with Gasteiger partial charge in [-0.15, -0.1) is 11.8 Å². The summed E-state index contributed by atoms with van der Waals surface area (Å²) in [6, 6.07) is 7.32. The lowest BCUT2D eigenvalue weighted by Crippen LogP contribution is -2.59. The van der Waals surface area contributed by atoms with Gasteiger partial charge in [0, 0.05) is 18.8 Å². The first kappa shape index (κ1) is 31.2. The maximum Gasteiger partial charge on any atom is 0.490 e. The summed E-state index contributed by atoms with van der Waals surface area (Å²) in [6.45, 7) is 0.787. The number of aliphatic carboxylic acids is 1. The highest BCUT2D eigenvalue weighted by Gasteiger charge is 2.47. The van der Waals surface area contributed by atoms with E-state index in [0.717, 1.165) is 0 Å². The van der Waals surface area contributed by atoms with E-state index in [2.05, 4.69) is 15.0 Å². The van der Waals surface area contributed by atoms with Crippen molar-refractivity contribution < 1.29 is 41.1 Å². The highest BCUT2D eigenvalue weighted by atomic mass is 32.2. The maximum absolute atomic E-state index is 13.1. The number of halogens is 3. The maximum atomic E-state index is 13.1. The molecule has 3 rings (SSSR count). The second kappa shape index (κ2) is 13.7. The van der Waals surface area contributed by atoms with E-state index < -0.39 is 34.3 Å². The van der Waals surface area contributed by atoms with Gasteiger partial charge in [0.2, 0.25) is 21.8 Å². The van der Waals surface area contributed by atoms with Crippen LogP contribution in [0.4, 0.5) is 13.2 Å². The first-order chi connectivity index (χ1) is 17.7. The minimum atomic E-state index is -5.08. The Hall–Kier alpha value is -3.05. The predicted molar refractivity (Wildman–Crippen MR) is 134 cm³/mol. The largest absolute Gasteiger partial charge is 0.490 e. The third-order valence-corrected chi connectivity index (χ3v) is 8.06. The summed E-state index contributed by atoms with van der Waals surface area (Å²) < 4.78 is 59.4. The predicted octanol–water partition coefficient (Wildman–Crippen LogP) is -0.0485. The van der Waals surface area contributed by atoms with E-state index in [1.165, 1.54) is 4.90 Å². The average Bonchev–Trinajstić information content (AvgIpc) is 3.25. The van der Waals surface area contributed by atoms with Crippen molar-refractivity contribution >= 4 is 45.5 Å². The minimum absolute atomic E-state index is 0.000957. The van der Waals surface area contributed by atoms with E-state index in [0.29, 0.717) is 43.7 Å². The number of hydrogen-bond acceptors (Lipinski definition) is 7. The van der Waals surface area contributed by atoms with E-state index >= 15 is 0 Å². The minimum Gasteiger partial charge on any atom is -0.475 e. The molecular weight excluding hydrogens is 553 g/mol. The number of thioether (sulfide) groups is 1. The van der Waals surface area contributed by atoms with Gasteiger partial charge in [-0.25, -0.2) is 17.9 Å². The number of amides is 2. The quantitative estimate of drug-likeness (QED) is 0.151. The second-order valence-electron chi connectivity index (χ2n) is 8.30. The van der Waals surface area contributed by atoms with Crippen LogP contribution in [-0.4, -0.2) is 84.6 Å². The number of guanidine groups is 1. The van der Waals surface area contributed by atoms with Crippen molar-refractivity contribution in [2.45, 2.75) is 48.6 Å². The van der Waals surface area contributed by atoms with Gasteiger partial charge in [-0.2, -0.15) is 13.2 Å². The molecule has 212 valence electrons. The molecule has 2 amide bonds. The number of fused-ring (bicyclic) bond motifs is 1. The van der Waals surface area contributed by atoms with Crippen LogP contribution in [-0.2, 0) is 30.2 Å². The Kier molecular flexibility index (Phi) is 11.2. The zero-order valence-electron chi connectivity index (χ0n) is 20.1. The molecule has 0 aromatic heterocycles. The molecule has 0 saturated carbocycles. The lowest BCUT2D eigenvalue weighted by molar-refractivity contribution is -0.192.